The van der Waals surface area contributed by atoms with Crippen molar-refractivity contribution in [2.45, 2.75) is 108 Å². The van der Waals surface area contributed by atoms with E-state index in [2.05, 4.69) is 0 Å². The Hall–Kier alpha value is -1.74. The molecule has 1 spiro atoms. The van der Waals surface area contributed by atoms with Crippen molar-refractivity contribution in [1.29, 1.82) is 0 Å². The fourth-order valence-corrected chi connectivity index (χ4v) is 6.59. The highest BCUT2D eigenvalue weighted by atomic mass is 16.7. The molecule has 2 saturated heterocycles. The van der Waals surface area contributed by atoms with Gasteiger partial charge in [-0.1, -0.05) is 31.6 Å². The summed E-state index contributed by atoms with van der Waals surface area (Å²) in [5.41, 5.74) is -3.38. The zero-order chi connectivity index (χ0) is 25.1. The van der Waals surface area contributed by atoms with Gasteiger partial charge in [0.2, 0.25) is 0 Å². The number of carbonyl (C=O) groups excluding carboxylic acids is 2. The van der Waals surface area contributed by atoms with Crippen LogP contribution in [0.4, 0.5) is 0 Å². The van der Waals surface area contributed by atoms with E-state index in [1.165, 1.54) is 6.92 Å². The molecule has 2 N–H and O–H groups in total. The lowest BCUT2D eigenvalue weighted by molar-refractivity contribution is -0.213. The monoisotopic (exact) mass is 478 g/mol. The van der Waals surface area contributed by atoms with Gasteiger partial charge in [0.1, 0.15) is 23.9 Å². The first-order chi connectivity index (χ1) is 15.8. The van der Waals surface area contributed by atoms with Crippen molar-refractivity contribution >= 4 is 11.9 Å². The number of aliphatic hydroxyl groups excluding tert-OH is 1. The molecule has 0 amide bonds. The van der Waals surface area contributed by atoms with Crippen LogP contribution in [0.5, 0.6) is 0 Å². The van der Waals surface area contributed by atoms with Gasteiger partial charge in [-0.2, -0.15) is 0 Å². The Morgan fingerprint density at radius 1 is 1.24 bits per heavy atom. The predicted octanol–water partition coefficient (Wildman–Crippen LogP) is 2.60. The first kappa shape index (κ1) is 25.4. The van der Waals surface area contributed by atoms with Crippen LogP contribution in [-0.2, 0) is 28.5 Å². The zero-order valence-electron chi connectivity index (χ0n) is 21.0. The van der Waals surface area contributed by atoms with Crippen molar-refractivity contribution in [1.82, 2.24) is 0 Å². The number of esters is 2. The summed E-state index contributed by atoms with van der Waals surface area (Å²) in [6.45, 7) is 10.9. The molecule has 2 aliphatic carbocycles. The number of carbonyl (C=O) groups is 2. The molecule has 4 aliphatic rings. The second kappa shape index (κ2) is 8.43. The normalized spacial score (nSPS) is 49.1. The van der Waals surface area contributed by atoms with E-state index in [-0.39, 0.29) is 12.4 Å². The third-order valence-corrected chi connectivity index (χ3v) is 8.37. The molecule has 0 aromatic heterocycles. The molecule has 9 atom stereocenters. The number of fused-ring (bicyclic) bond motifs is 1. The van der Waals surface area contributed by atoms with Crippen molar-refractivity contribution in [2.24, 2.45) is 11.3 Å². The maximum atomic E-state index is 12.7. The van der Waals surface area contributed by atoms with E-state index < -0.39 is 58.5 Å². The van der Waals surface area contributed by atoms with Gasteiger partial charge in [0.15, 0.2) is 5.60 Å². The number of rotatable bonds is 4. The van der Waals surface area contributed by atoms with E-state index in [4.69, 9.17) is 18.9 Å². The van der Waals surface area contributed by atoms with Crippen molar-refractivity contribution < 1.29 is 38.7 Å². The number of ether oxygens (including phenoxy) is 4. The molecule has 0 unspecified atom stereocenters. The predicted molar refractivity (Wildman–Crippen MR) is 123 cm³/mol. The lowest BCUT2D eigenvalue weighted by Gasteiger charge is -2.55. The molecule has 2 heterocycles. The maximum Gasteiger partial charge on any atom is 0.306 e. The highest BCUT2D eigenvalue weighted by Gasteiger charge is 2.81. The van der Waals surface area contributed by atoms with E-state index in [0.717, 1.165) is 5.57 Å². The number of aliphatic hydroxyl groups is 2. The van der Waals surface area contributed by atoms with Crippen molar-refractivity contribution in [3.05, 3.63) is 23.8 Å². The molecule has 4 rings (SSSR count). The highest BCUT2D eigenvalue weighted by Crippen LogP contribution is 2.64. The Kier molecular flexibility index (Phi) is 6.29. The van der Waals surface area contributed by atoms with E-state index in [0.29, 0.717) is 25.9 Å². The molecule has 0 saturated carbocycles. The van der Waals surface area contributed by atoms with E-state index in [1.807, 2.05) is 33.8 Å². The summed E-state index contributed by atoms with van der Waals surface area (Å²) in [6, 6.07) is 0. The zero-order valence-corrected chi connectivity index (χ0v) is 21.0. The minimum atomic E-state index is -1.49. The summed E-state index contributed by atoms with van der Waals surface area (Å²) in [5, 5.41) is 23.7. The first-order valence-electron chi connectivity index (χ1n) is 12.3. The fourth-order valence-electron chi connectivity index (χ4n) is 6.59. The Bertz CT molecular complexity index is 908. The summed E-state index contributed by atoms with van der Waals surface area (Å²) < 4.78 is 24.0. The Labute approximate surface area is 201 Å². The summed E-state index contributed by atoms with van der Waals surface area (Å²) in [7, 11) is 0. The summed E-state index contributed by atoms with van der Waals surface area (Å²) in [4.78, 5) is 24.8. The van der Waals surface area contributed by atoms with Gasteiger partial charge < -0.3 is 29.2 Å². The minimum Gasteiger partial charge on any atom is -0.462 e. The lowest BCUT2D eigenvalue weighted by Crippen LogP contribution is -2.66. The summed E-state index contributed by atoms with van der Waals surface area (Å²) in [5.74, 6) is -1.74. The van der Waals surface area contributed by atoms with E-state index >= 15 is 0 Å². The Morgan fingerprint density at radius 3 is 2.56 bits per heavy atom. The van der Waals surface area contributed by atoms with Crippen molar-refractivity contribution in [3.8, 4) is 0 Å². The molecule has 2 fully saturated rings. The molecule has 0 aromatic carbocycles. The fraction of sp³-hybridized carbons (Fsp3) is 0.769. The number of hydrogen-bond acceptors (Lipinski definition) is 8. The van der Waals surface area contributed by atoms with Crippen LogP contribution >= 0.6 is 0 Å². The van der Waals surface area contributed by atoms with Gasteiger partial charge in [-0.15, -0.1) is 0 Å². The largest absolute Gasteiger partial charge is 0.462 e. The van der Waals surface area contributed by atoms with Crippen LogP contribution in [0.25, 0.3) is 0 Å². The summed E-state index contributed by atoms with van der Waals surface area (Å²) in [6.07, 6.45) is 3.89. The van der Waals surface area contributed by atoms with Crippen LogP contribution < -0.4 is 0 Å². The van der Waals surface area contributed by atoms with Crippen LogP contribution in [0.2, 0.25) is 0 Å². The van der Waals surface area contributed by atoms with Crippen molar-refractivity contribution in [3.63, 3.8) is 0 Å². The molecule has 0 bridgehead atoms. The number of epoxide rings is 1. The van der Waals surface area contributed by atoms with Gasteiger partial charge in [0.25, 0.3) is 0 Å². The topological polar surface area (TPSA) is 115 Å². The molecule has 190 valence electrons. The molecule has 8 heteroatoms. The van der Waals surface area contributed by atoms with Crippen LogP contribution in [0.1, 0.15) is 67.2 Å². The van der Waals surface area contributed by atoms with Crippen LogP contribution in [0.3, 0.4) is 0 Å². The second-order valence-corrected chi connectivity index (χ2v) is 11.0. The molecule has 2 aliphatic heterocycles. The number of allylic oxidation sites excluding steroid dienone is 1. The minimum absolute atomic E-state index is 0.250. The Morgan fingerprint density at radius 2 is 1.94 bits per heavy atom. The maximum absolute atomic E-state index is 12.7. The van der Waals surface area contributed by atoms with Gasteiger partial charge in [-0.3, -0.25) is 9.59 Å². The lowest BCUT2D eigenvalue weighted by atomic mass is 9.54. The molecular formula is C26H38O8. The first-order valence-corrected chi connectivity index (χ1v) is 12.3. The standard InChI is InChI=1S/C26H38O8/c1-7-8-20(28)33-17-10-9-15(2)13-19-26(24(5,34-26)14-31-19)22(29)21-23(4,30)12-11-18(25(17,21)6)32-16(3)27/h11-13,17-19,21-22,29-30H,7-10,14H2,1-6H3/b15-13-/t17-,18-,19-,21-,22-,23+,24-,25-,26-/m0/s1. The highest BCUT2D eigenvalue weighted by molar-refractivity contribution is 5.69. The quantitative estimate of drug-likeness (QED) is 0.360. The van der Waals surface area contributed by atoms with Crippen LogP contribution in [-0.4, -0.2) is 70.0 Å². The number of hydrogen-bond donors (Lipinski definition) is 2. The van der Waals surface area contributed by atoms with Crippen molar-refractivity contribution in [2.75, 3.05) is 6.61 Å². The molecular weight excluding hydrogens is 440 g/mol. The third kappa shape index (κ3) is 3.74. The van der Waals surface area contributed by atoms with Crippen LogP contribution in [0, 0.1) is 11.3 Å². The van der Waals surface area contributed by atoms with Gasteiger partial charge in [0.05, 0.1) is 23.7 Å². The third-order valence-electron chi connectivity index (χ3n) is 8.37. The van der Waals surface area contributed by atoms with E-state index in [9.17, 15) is 19.8 Å². The van der Waals surface area contributed by atoms with Gasteiger partial charge in [0, 0.05) is 19.3 Å². The average Bonchev–Trinajstić information content (AvgIpc) is 3.27. The molecule has 0 radical (unpaired) electrons. The molecule has 0 aromatic rings. The molecule has 8 nitrogen and oxygen atoms in total. The summed E-state index contributed by atoms with van der Waals surface area (Å²) >= 11 is 0. The van der Waals surface area contributed by atoms with E-state index in [1.54, 1.807) is 19.1 Å². The average molecular weight is 479 g/mol. The van der Waals surface area contributed by atoms with Gasteiger partial charge >= 0.3 is 11.9 Å². The van der Waals surface area contributed by atoms with Crippen LogP contribution in [0.15, 0.2) is 23.8 Å². The molecule has 34 heavy (non-hydrogen) atoms. The smallest absolute Gasteiger partial charge is 0.306 e. The van der Waals surface area contributed by atoms with Gasteiger partial charge in [-0.25, -0.2) is 0 Å². The SMILES string of the molecule is CCCC(=O)O[C@H]1CC/C(C)=C\[C@@H]2OC[C@]3(C)O[C@]23[C@@H](O)[C@@H]2[C@]1(C)[C@@H](OC(C)=O)C=C[C@@]2(C)O. The second-order valence-electron chi connectivity index (χ2n) is 11.0. The Balaban J connectivity index is 1.89. The van der Waals surface area contributed by atoms with Gasteiger partial charge in [-0.05, 0) is 46.1 Å².